The lowest BCUT2D eigenvalue weighted by molar-refractivity contribution is -0.142. The lowest BCUT2D eigenvalue weighted by Gasteiger charge is -2.02. The van der Waals surface area contributed by atoms with Crippen molar-refractivity contribution in [3.8, 4) is 0 Å². The molecule has 1 aromatic heterocycles. The quantitative estimate of drug-likeness (QED) is 0.599. The van der Waals surface area contributed by atoms with E-state index < -0.39 is 11.6 Å². The Morgan fingerprint density at radius 3 is 2.88 bits per heavy atom. The third-order valence-electron chi connectivity index (χ3n) is 2.35. The van der Waals surface area contributed by atoms with Crippen molar-refractivity contribution >= 4 is 16.9 Å². The smallest absolute Gasteiger partial charge is 0.340 e. The minimum atomic E-state index is -0.489. The predicted molar refractivity (Wildman–Crippen MR) is 62.8 cm³/mol. The molecule has 2 rings (SSSR count). The molecule has 0 saturated heterocycles. The van der Waals surface area contributed by atoms with Crippen LogP contribution in [0.2, 0.25) is 0 Å². The summed E-state index contributed by atoms with van der Waals surface area (Å²) in [5.74, 6) is -0.421. The van der Waals surface area contributed by atoms with E-state index in [9.17, 15) is 9.59 Å². The van der Waals surface area contributed by atoms with Crippen LogP contribution < -0.4 is 5.63 Å². The van der Waals surface area contributed by atoms with Gasteiger partial charge in [-0.2, -0.15) is 0 Å². The Balaban J connectivity index is 2.37. The molecular weight excluding hydrogens is 220 g/mol. The van der Waals surface area contributed by atoms with Gasteiger partial charge in [-0.05, 0) is 19.1 Å². The SMILES string of the molecule is CCOC(=O)Cc1cc2ccccc2oc1=O. The number of rotatable bonds is 3. The van der Waals surface area contributed by atoms with Gasteiger partial charge in [-0.15, -0.1) is 0 Å². The normalized spacial score (nSPS) is 10.4. The number of carbonyl (C=O) groups excluding carboxylic acids is 1. The molecule has 0 radical (unpaired) electrons. The van der Waals surface area contributed by atoms with Crippen LogP contribution in [-0.2, 0) is 16.0 Å². The van der Waals surface area contributed by atoms with Gasteiger partial charge in [0.25, 0.3) is 0 Å². The number of hydrogen-bond donors (Lipinski definition) is 0. The number of esters is 1. The molecule has 0 amide bonds. The van der Waals surface area contributed by atoms with Gasteiger partial charge < -0.3 is 9.15 Å². The number of fused-ring (bicyclic) bond motifs is 1. The fourth-order valence-corrected chi connectivity index (χ4v) is 1.60. The Labute approximate surface area is 97.8 Å². The summed E-state index contributed by atoms with van der Waals surface area (Å²) in [5, 5.41) is 0.798. The van der Waals surface area contributed by atoms with Gasteiger partial charge in [0.15, 0.2) is 0 Å². The first-order valence-electron chi connectivity index (χ1n) is 5.38. The monoisotopic (exact) mass is 232 g/mol. The van der Waals surface area contributed by atoms with E-state index in [0.717, 1.165) is 5.39 Å². The van der Waals surface area contributed by atoms with Crippen LogP contribution in [0, 0.1) is 0 Å². The van der Waals surface area contributed by atoms with Crippen molar-refractivity contribution < 1.29 is 13.9 Å². The van der Waals surface area contributed by atoms with Crippen molar-refractivity contribution in [1.82, 2.24) is 0 Å². The molecule has 4 nitrogen and oxygen atoms in total. The van der Waals surface area contributed by atoms with Gasteiger partial charge in [-0.3, -0.25) is 4.79 Å². The Morgan fingerprint density at radius 2 is 2.12 bits per heavy atom. The van der Waals surface area contributed by atoms with Crippen LogP contribution in [0.5, 0.6) is 0 Å². The molecule has 0 aliphatic rings. The summed E-state index contributed by atoms with van der Waals surface area (Å²) in [6.45, 7) is 2.03. The van der Waals surface area contributed by atoms with Crippen LogP contribution in [-0.4, -0.2) is 12.6 Å². The molecule has 0 aliphatic heterocycles. The summed E-state index contributed by atoms with van der Waals surface area (Å²) in [6.07, 6.45) is -0.0546. The maximum atomic E-state index is 11.6. The van der Waals surface area contributed by atoms with E-state index in [1.807, 2.05) is 12.1 Å². The van der Waals surface area contributed by atoms with Crippen molar-refractivity contribution in [2.45, 2.75) is 13.3 Å². The Bertz CT molecular complexity index is 598. The van der Waals surface area contributed by atoms with Gasteiger partial charge in [0.2, 0.25) is 0 Å². The molecule has 0 spiro atoms. The van der Waals surface area contributed by atoms with Crippen LogP contribution >= 0.6 is 0 Å². The molecule has 0 saturated carbocycles. The van der Waals surface area contributed by atoms with Crippen LogP contribution in [0.15, 0.2) is 39.5 Å². The summed E-state index contributed by atoms with van der Waals surface area (Å²) >= 11 is 0. The first kappa shape index (κ1) is 11.4. The van der Waals surface area contributed by atoms with Crippen molar-refractivity contribution in [2.75, 3.05) is 6.61 Å². The fourth-order valence-electron chi connectivity index (χ4n) is 1.60. The topological polar surface area (TPSA) is 56.5 Å². The maximum absolute atomic E-state index is 11.6. The Kier molecular flexibility index (Phi) is 3.23. The highest BCUT2D eigenvalue weighted by Crippen LogP contribution is 2.12. The van der Waals surface area contributed by atoms with E-state index in [-0.39, 0.29) is 6.42 Å². The minimum absolute atomic E-state index is 0.0546. The zero-order valence-electron chi connectivity index (χ0n) is 9.43. The molecule has 0 atom stereocenters. The minimum Gasteiger partial charge on any atom is -0.466 e. The fraction of sp³-hybridized carbons (Fsp3) is 0.231. The highest BCUT2D eigenvalue weighted by atomic mass is 16.5. The molecule has 0 fully saturated rings. The van der Waals surface area contributed by atoms with Crippen LogP contribution in [0.4, 0.5) is 0 Å². The van der Waals surface area contributed by atoms with Crippen molar-refractivity contribution in [3.05, 3.63) is 46.3 Å². The summed E-state index contributed by atoms with van der Waals surface area (Å²) in [6, 6.07) is 8.84. The summed E-state index contributed by atoms with van der Waals surface area (Å²) in [4.78, 5) is 22.9. The third-order valence-corrected chi connectivity index (χ3v) is 2.35. The predicted octanol–water partition coefficient (Wildman–Crippen LogP) is 1.90. The van der Waals surface area contributed by atoms with Crippen molar-refractivity contribution in [2.24, 2.45) is 0 Å². The van der Waals surface area contributed by atoms with E-state index in [1.165, 1.54) is 0 Å². The van der Waals surface area contributed by atoms with Crippen LogP contribution in [0.25, 0.3) is 11.0 Å². The highest BCUT2D eigenvalue weighted by molar-refractivity contribution is 5.79. The lowest BCUT2D eigenvalue weighted by Crippen LogP contribution is -2.15. The van der Waals surface area contributed by atoms with Gasteiger partial charge in [0.1, 0.15) is 5.58 Å². The molecule has 88 valence electrons. The van der Waals surface area contributed by atoms with E-state index in [2.05, 4.69) is 0 Å². The average molecular weight is 232 g/mol. The van der Waals surface area contributed by atoms with Crippen molar-refractivity contribution in [1.29, 1.82) is 0 Å². The maximum Gasteiger partial charge on any atom is 0.340 e. The van der Waals surface area contributed by atoms with E-state index >= 15 is 0 Å². The van der Waals surface area contributed by atoms with Gasteiger partial charge in [-0.25, -0.2) is 4.79 Å². The first-order chi connectivity index (χ1) is 8.20. The van der Waals surface area contributed by atoms with Crippen LogP contribution in [0.3, 0.4) is 0 Å². The molecule has 2 aromatic rings. The summed E-state index contributed by atoms with van der Waals surface area (Å²) in [5.41, 5.74) is 0.351. The summed E-state index contributed by atoms with van der Waals surface area (Å²) in [7, 11) is 0. The molecular formula is C13H12O4. The molecule has 0 N–H and O–H groups in total. The molecule has 0 unspecified atom stereocenters. The van der Waals surface area contributed by atoms with Gasteiger partial charge >= 0.3 is 11.6 Å². The molecule has 0 bridgehead atoms. The van der Waals surface area contributed by atoms with Gasteiger partial charge in [0, 0.05) is 10.9 Å². The van der Waals surface area contributed by atoms with Gasteiger partial charge in [0.05, 0.1) is 13.0 Å². The average Bonchev–Trinajstić information content (AvgIpc) is 2.30. The highest BCUT2D eigenvalue weighted by Gasteiger charge is 2.10. The second kappa shape index (κ2) is 4.82. The lowest BCUT2D eigenvalue weighted by atomic mass is 10.1. The second-order valence-corrected chi connectivity index (χ2v) is 3.58. The summed E-state index contributed by atoms with van der Waals surface area (Å²) < 4.78 is 9.90. The molecule has 1 aromatic carbocycles. The zero-order chi connectivity index (χ0) is 12.3. The molecule has 1 heterocycles. The van der Waals surface area contributed by atoms with E-state index in [1.54, 1.807) is 25.1 Å². The first-order valence-corrected chi connectivity index (χ1v) is 5.38. The zero-order valence-corrected chi connectivity index (χ0v) is 9.43. The van der Waals surface area contributed by atoms with Gasteiger partial charge in [-0.1, -0.05) is 18.2 Å². The Morgan fingerprint density at radius 1 is 1.35 bits per heavy atom. The molecule has 4 heteroatoms. The Hall–Kier alpha value is -2.10. The van der Waals surface area contributed by atoms with E-state index in [0.29, 0.717) is 17.8 Å². The largest absolute Gasteiger partial charge is 0.466 e. The number of benzene rings is 1. The molecule has 17 heavy (non-hydrogen) atoms. The number of hydrogen-bond acceptors (Lipinski definition) is 4. The second-order valence-electron chi connectivity index (χ2n) is 3.58. The number of carbonyl (C=O) groups is 1. The standard InChI is InChI=1S/C13H12O4/c1-2-16-12(14)8-10-7-9-5-3-4-6-11(9)17-13(10)15/h3-7H,2,8H2,1H3. The van der Waals surface area contributed by atoms with Crippen molar-refractivity contribution in [3.63, 3.8) is 0 Å². The van der Waals surface area contributed by atoms with E-state index in [4.69, 9.17) is 9.15 Å². The number of ether oxygens (including phenoxy) is 1. The number of para-hydroxylation sites is 1. The van der Waals surface area contributed by atoms with Crippen LogP contribution in [0.1, 0.15) is 12.5 Å². The molecule has 0 aliphatic carbocycles. The third kappa shape index (κ3) is 2.53.